The summed E-state index contributed by atoms with van der Waals surface area (Å²) < 4.78 is 30.6. The Hall–Kier alpha value is -2.92. The van der Waals surface area contributed by atoms with Crippen LogP contribution in [0.15, 0.2) is 16.9 Å². The molecule has 3 aromatic rings. The summed E-state index contributed by atoms with van der Waals surface area (Å²) in [6, 6.07) is 4.54. The highest BCUT2D eigenvalue weighted by Gasteiger charge is 2.22. The molecule has 4 heterocycles. The van der Waals surface area contributed by atoms with E-state index in [1.54, 1.807) is 4.57 Å². The molecule has 182 valence electrons. The number of H-pyrrole nitrogens is 1. The number of imidazole rings is 1. The van der Waals surface area contributed by atoms with E-state index < -0.39 is 9.84 Å². The standard InChI is InChI=1S/C23H30N6O4S/c1-34(31,32)10-8-28-7-6-18-16-5-3-2-4-9-33-22-26-20(24)19-21(27-22)29(23(30)25-19)13-15(11-16)12-17(18)14-28/h11-12H,2-10,13-14H2,1H3,(H,25,30)(H2,24,26,27). The molecule has 2 aliphatic heterocycles. The zero-order valence-corrected chi connectivity index (χ0v) is 20.2. The minimum absolute atomic E-state index is 0.158. The number of hydrogen-bond donors (Lipinski definition) is 2. The van der Waals surface area contributed by atoms with Gasteiger partial charge in [0.15, 0.2) is 11.5 Å². The van der Waals surface area contributed by atoms with E-state index in [-0.39, 0.29) is 23.3 Å². The molecular formula is C23H30N6O4S. The highest BCUT2D eigenvalue weighted by Crippen LogP contribution is 2.27. The summed E-state index contributed by atoms with van der Waals surface area (Å²) in [4.78, 5) is 26.4. The monoisotopic (exact) mass is 486 g/mol. The molecule has 0 fully saturated rings. The van der Waals surface area contributed by atoms with Crippen LogP contribution in [0.4, 0.5) is 5.82 Å². The normalized spacial score (nSPS) is 17.3. The van der Waals surface area contributed by atoms with Crippen molar-refractivity contribution in [2.24, 2.45) is 0 Å². The van der Waals surface area contributed by atoms with E-state index >= 15 is 0 Å². The van der Waals surface area contributed by atoms with Crippen LogP contribution >= 0.6 is 0 Å². The minimum Gasteiger partial charge on any atom is -0.463 e. The fourth-order valence-corrected chi connectivity index (χ4v) is 5.49. The highest BCUT2D eigenvalue weighted by atomic mass is 32.2. The van der Waals surface area contributed by atoms with Gasteiger partial charge in [-0.25, -0.2) is 13.2 Å². The third-order valence-electron chi connectivity index (χ3n) is 6.64. The molecule has 10 nitrogen and oxygen atoms in total. The lowest BCUT2D eigenvalue weighted by atomic mass is 9.89. The van der Waals surface area contributed by atoms with E-state index in [2.05, 4.69) is 32.0 Å². The molecular weight excluding hydrogens is 456 g/mol. The number of ether oxygens (including phenoxy) is 1. The quantitative estimate of drug-likeness (QED) is 0.565. The molecule has 0 saturated heterocycles. The second kappa shape index (κ2) is 9.03. The van der Waals surface area contributed by atoms with Gasteiger partial charge in [-0.05, 0) is 54.4 Å². The maximum absolute atomic E-state index is 12.8. The molecule has 0 amide bonds. The van der Waals surface area contributed by atoms with E-state index in [1.807, 2.05) is 0 Å². The van der Waals surface area contributed by atoms with Crippen LogP contribution in [-0.2, 0) is 35.8 Å². The molecule has 1 aromatic carbocycles. The molecule has 5 rings (SSSR count). The molecule has 0 aliphatic carbocycles. The average Bonchev–Trinajstić information content (AvgIpc) is 3.09. The number of aryl methyl sites for hydroxylation is 1. The number of aromatic amines is 1. The Kier molecular flexibility index (Phi) is 6.07. The number of nitrogens with one attached hydrogen (secondary N) is 1. The van der Waals surface area contributed by atoms with Crippen molar-refractivity contribution in [3.05, 3.63) is 44.9 Å². The van der Waals surface area contributed by atoms with Gasteiger partial charge in [0, 0.05) is 25.9 Å². The summed E-state index contributed by atoms with van der Waals surface area (Å²) in [5, 5.41) is 0. The van der Waals surface area contributed by atoms with Gasteiger partial charge in [-0.3, -0.25) is 9.47 Å². The maximum atomic E-state index is 12.8. The van der Waals surface area contributed by atoms with Crippen LogP contribution in [0.2, 0.25) is 0 Å². The van der Waals surface area contributed by atoms with Crippen molar-refractivity contribution in [2.45, 2.75) is 45.2 Å². The number of rotatable bonds is 3. The molecule has 4 bridgehead atoms. The molecule has 0 atom stereocenters. The van der Waals surface area contributed by atoms with Gasteiger partial charge in [0.1, 0.15) is 15.4 Å². The molecule has 2 aromatic heterocycles. The lowest BCUT2D eigenvalue weighted by Crippen LogP contribution is -2.35. The summed E-state index contributed by atoms with van der Waals surface area (Å²) in [5.41, 5.74) is 11.5. The number of benzene rings is 1. The predicted octanol–water partition coefficient (Wildman–Crippen LogP) is 1.26. The van der Waals surface area contributed by atoms with E-state index in [0.717, 1.165) is 44.2 Å². The molecule has 2 aliphatic rings. The summed E-state index contributed by atoms with van der Waals surface area (Å²) in [6.45, 7) is 2.93. The van der Waals surface area contributed by atoms with Gasteiger partial charge in [-0.2, -0.15) is 9.97 Å². The van der Waals surface area contributed by atoms with Gasteiger partial charge >= 0.3 is 11.7 Å². The summed E-state index contributed by atoms with van der Waals surface area (Å²) in [5.74, 6) is 0.348. The third kappa shape index (κ3) is 4.80. The van der Waals surface area contributed by atoms with Crippen molar-refractivity contribution < 1.29 is 13.2 Å². The first-order valence-corrected chi connectivity index (χ1v) is 13.8. The smallest absolute Gasteiger partial charge is 0.328 e. The first-order chi connectivity index (χ1) is 16.3. The first kappa shape index (κ1) is 22.9. The Balaban J connectivity index is 1.54. The van der Waals surface area contributed by atoms with Crippen LogP contribution in [0.1, 0.15) is 41.5 Å². The minimum atomic E-state index is -3.01. The maximum Gasteiger partial charge on any atom is 0.328 e. The average molecular weight is 487 g/mol. The Labute approximate surface area is 198 Å². The van der Waals surface area contributed by atoms with Crippen LogP contribution in [-0.4, -0.2) is 64.5 Å². The highest BCUT2D eigenvalue weighted by molar-refractivity contribution is 7.90. The number of anilines is 1. The zero-order chi connectivity index (χ0) is 23.9. The number of hydrogen-bond acceptors (Lipinski definition) is 8. The van der Waals surface area contributed by atoms with Gasteiger partial charge in [0.05, 0.1) is 18.9 Å². The van der Waals surface area contributed by atoms with Gasteiger partial charge in [0.2, 0.25) is 0 Å². The Morgan fingerprint density at radius 3 is 2.76 bits per heavy atom. The third-order valence-corrected chi connectivity index (χ3v) is 7.56. The van der Waals surface area contributed by atoms with Crippen LogP contribution in [0, 0.1) is 0 Å². The van der Waals surface area contributed by atoms with Crippen LogP contribution in [0.5, 0.6) is 6.01 Å². The number of nitrogen functional groups attached to an aromatic ring is 1. The molecule has 0 saturated carbocycles. The van der Waals surface area contributed by atoms with Crippen LogP contribution in [0.25, 0.3) is 11.2 Å². The predicted molar refractivity (Wildman–Crippen MR) is 130 cm³/mol. The van der Waals surface area contributed by atoms with Crippen molar-refractivity contribution >= 4 is 26.8 Å². The molecule has 0 radical (unpaired) electrons. The topological polar surface area (TPSA) is 136 Å². The van der Waals surface area contributed by atoms with Crippen molar-refractivity contribution in [3.63, 3.8) is 0 Å². The summed E-state index contributed by atoms with van der Waals surface area (Å²) in [7, 11) is -3.01. The fraction of sp³-hybridized carbons (Fsp3) is 0.522. The van der Waals surface area contributed by atoms with E-state index in [4.69, 9.17) is 10.5 Å². The Morgan fingerprint density at radius 2 is 1.94 bits per heavy atom. The van der Waals surface area contributed by atoms with E-state index in [9.17, 15) is 13.2 Å². The SMILES string of the molecule is CS(=O)(=O)CCN1CCc2c3cc(cc2C1)Cn1c(=O)[nH]c2c(N)nc(nc21)OCCCCC3. The second-order valence-corrected chi connectivity index (χ2v) is 11.6. The van der Waals surface area contributed by atoms with E-state index in [1.165, 1.54) is 22.9 Å². The molecule has 11 heteroatoms. The Bertz CT molecular complexity index is 1390. The summed E-state index contributed by atoms with van der Waals surface area (Å²) in [6.07, 6.45) is 6.08. The Morgan fingerprint density at radius 1 is 1.12 bits per heavy atom. The van der Waals surface area contributed by atoms with Crippen molar-refractivity contribution in [1.29, 1.82) is 0 Å². The second-order valence-electron chi connectivity index (χ2n) is 9.31. The number of nitrogens with zero attached hydrogens (tertiary/aromatic N) is 4. The molecule has 3 N–H and O–H groups in total. The molecule has 0 unspecified atom stereocenters. The van der Waals surface area contributed by atoms with Gasteiger partial charge in [-0.15, -0.1) is 0 Å². The molecule has 0 spiro atoms. The van der Waals surface area contributed by atoms with E-state index in [0.29, 0.717) is 37.4 Å². The van der Waals surface area contributed by atoms with Gasteiger partial charge in [0.25, 0.3) is 0 Å². The van der Waals surface area contributed by atoms with Crippen molar-refractivity contribution in [2.75, 3.05) is 37.4 Å². The lowest BCUT2D eigenvalue weighted by Gasteiger charge is -2.30. The first-order valence-electron chi connectivity index (χ1n) is 11.7. The number of nitrogens with two attached hydrogens (primary N) is 1. The lowest BCUT2D eigenvalue weighted by molar-refractivity contribution is 0.268. The van der Waals surface area contributed by atoms with Crippen molar-refractivity contribution in [1.82, 2.24) is 24.4 Å². The van der Waals surface area contributed by atoms with Gasteiger partial charge < -0.3 is 15.5 Å². The van der Waals surface area contributed by atoms with Crippen LogP contribution < -0.4 is 16.2 Å². The van der Waals surface area contributed by atoms with Crippen molar-refractivity contribution in [3.8, 4) is 6.01 Å². The fourth-order valence-electron chi connectivity index (χ4n) is 4.90. The van der Waals surface area contributed by atoms with Crippen LogP contribution in [0.3, 0.4) is 0 Å². The number of aromatic nitrogens is 4. The van der Waals surface area contributed by atoms with Gasteiger partial charge in [-0.1, -0.05) is 12.1 Å². The number of fused-ring (bicyclic) bond motifs is 5. The largest absolute Gasteiger partial charge is 0.463 e. The molecule has 34 heavy (non-hydrogen) atoms. The number of sulfone groups is 1. The summed E-state index contributed by atoms with van der Waals surface area (Å²) >= 11 is 0. The zero-order valence-electron chi connectivity index (χ0n) is 19.3.